The van der Waals surface area contributed by atoms with E-state index in [0.717, 1.165) is 10.6 Å². The monoisotopic (exact) mass is 343 g/mol. The number of anilines is 1. The van der Waals surface area contributed by atoms with Crippen LogP contribution in [0.25, 0.3) is 0 Å². The van der Waals surface area contributed by atoms with Crippen molar-refractivity contribution in [1.82, 2.24) is 0 Å². The van der Waals surface area contributed by atoms with Crippen molar-refractivity contribution in [2.24, 2.45) is 0 Å². The Morgan fingerprint density at radius 3 is 2.50 bits per heavy atom. The highest BCUT2D eigenvalue weighted by Gasteiger charge is 2.21. The van der Waals surface area contributed by atoms with E-state index in [0.29, 0.717) is 11.4 Å². The van der Waals surface area contributed by atoms with Gasteiger partial charge in [0, 0.05) is 16.7 Å². The molecule has 2 aromatic carbocycles. The van der Waals surface area contributed by atoms with Gasteiger partial charge in [0.15, 0.2) is 0 Å². The van der Waals surface area contributed by atoms with Crippen LogP contribution in [0.1, 0.15) is 5.56 Å². The van der Waals surface area contributed by atoms with Gasteiger partial charge >= 0.3 is 0 Å². The summed E-state index contributed by atoms with van der Waals surface area (Å²) < 4.78 is 44.3. The van der Waals surface area contributed by atoms with E-state index >= 15 is 0 Å². The Labute approximate surface area is 134 Å². The van der Waals surface area contributed by atoms with Gasteiger partial charge in [0.05, 0.1) is 25.6 Å². The standard InChI is InChI=1S/C15H15ClFNO3S/c1-21-12-6-3-5-11(9-12)18(22(2,19)20)10-13-14(16)7-4-8-15(13)17/h3-9H,10H2,1-2H3. The second kappa shape index (κ2) is 6.54. The summed E-state index contributed by atoms with van der Waals surface area (Å²) in [5.41, 5.74) is 0.499. The summed E-state index contributed by atoms with van der Waals surface area (Å²) in [5, 5.41) is 0.177. The lowest BCUT2D eigenvalue weighted by molar-refractivity contribution is 0.415. The highest BCUT2D eigenvalue weighted by Crippen LogP contribution is 2.28. The Morgan fingerprint density at radius 2 is 1.91 bits per heavy atom. The highest BCUT2D eigenvalue weighted by atomic mass is 35.5. The SMILES string of the molecule is COc1cccc(N(Cc2c(F)cccc2Cl)S(C)(=O)=O)c1. The van der Waals surface area contributed by atoms with Crippen molar-refractivity contribution < 1.29 is 17.5 Å². The molecule has 0 aliphatic rings. The number of hydrogen-bond donors (Lipinski definition) is 0. The molecular formula is C15H15ClFNO3S. The first-order valence-electron chi connectivity index (χ1n) is 6.37. The van der Waals surface area contributed by atoms with E-state index in [-0.39, 0.29) is 17.1 Å². The average Bonchev–Trinajstić information content (AvgIpc) is 2.45. The van der Waals surface area contributed by atoms with Gasteiger partial charge in [0.25, 0.3) is 0 Å². The van der Waals surface area contributed by atoms with Crippen molar-refractivity contribution in [2.45, 2.75) is 6.54 Å². The number of benzene rings is 2. The summed E-state index contributed by atoms with van der Waals surface area (Å²) in [5.74, 6) is -0.0465. The molecule has 0 bridgehead atoms. The molecule has 0 heterocycles. The number of methoxy groups -OCH3 is 1. The molecule has 0 unspecified atom stereocenters. The largest absolute Gasteiger partial charge is 0.497 e. The second-order valence-electron chi connectivity index (χ2n) is 4.67. The first-order valence-corrected chi connectivity index (χ1v) is 8.60. The molecular weight excluding hydrogens is 329 g/mol. The van der Waals surface area contributed by atoms with Gasteiger partial charge in [-0.2, -0.15) is 0 Å². The van der Waals surface area contributed by atoms with Crippen LogP contribution in [0.2, 0.25) is 5.02 Å². The van der Waals surface area contributed by atoms with Crippen molar-refractivity contribution in [1.29, 1.82) is 0 Å². The quantitative estimate of drug-likeness (QED) is 0.835. The van der Waals surface area contributed by atoms with Gasteiger partial charge in [-0.25, -0.2) is 12.8 Å². The molecule has 0 amide bonds. The lowest BCUT2D eigenvalue weighted by atomic mass is 10.2. The van der Waals surface area contributed by atoms with Crippen LogP contribution in [-0.4, -0.2) is 21.8 Å². The Morgan fingerprint density at radius 1 is 1.23 bits per heavy atom. The number of nitrogens with zero attached hydrogens (tertiary/aromatic N) is 1. The average molecular weight is 344 g/mol. The van der Waals surface area contributed by atoms with E-state index in [1.807, 2.05) is 0 Å². The van der Waals surface area contributed by atoms with Crippen LogP contribution in [0.15, 0.2) is 42.5 Å². The summed E-state index contributed by atoms with van der Waals surface area (Å²) in [6, 6.07) is 10.8. The van der Waals surface area contributed by atoms with Gasteiger partial charge < -0.3 is 4.74 Å². The molecule has 0 radical (unpaired) electrons. The van der Waals surface area contributed by atoms with Crippen molar-refractivity contribution in [3.63, 3.8) is 0 Å². The van der Waals surface area contributed by atoms with Gasteiger partial charge in [-0.1, -0.05) is 23.7 Å². The molecule has 2 rings (SSSR count). The Bertz CT molecular complexity index is 760. The summed E-state index contributed by atoms with van der Waals surface area (Å²) in [6.45, 7) is -0.197. The van der Waals surface area contributed by atoms with Crippen LogP contribution in [0.3, 0.4) is 0 Å². The molecule has 0 spiro atoms. The van der Waals surface area contributed by atoms with Crippen LogP contribution in [0, 0.1) is 5.82 Å². The van der Waals surface area contributed by atoms with Crippen LogP contribution >= 0.6 is 11.6 Å². The smallest absolute Gasteiger partial charge is 0.232 e. The van der Waals surface area contributed by atoms with Crippen LogP contribution in [0.4, 0.5) is 10.1 Å². The molecule has 0 aliphatic carbocycles. The van der Waals surface area contributed by atoms with Gasteiger partial charge in [0.1, 0.15) is 11.6 Å². The zero-order chi connectivity index (χ0) is 16.3. The van der Waals surface area contributed by atoms with Gasteiger partial charge in [0.2, 0.25) is 10.0 Å². The summed E-state index contributed by atoms with van der Waals surface area (Å²) in [7, 11) is -2.14. The Hall–Kier alpha value is -1.79. The van der Waals surface area contributed by atoms with E-state index in [2.05, 4.69) is 0 Å². The van der Waals surface area contributed by atoms with Crippen molar-refractivity contribution in [2.75, 3.05) is 17.7 Å². The van der Waals surface area contributed by atoms with Crippen molar-refractivity contribution in [3.8, 4) is 5.75 Å². The first-order chi connectivity index (χ1) is 10.3. The number of halogens is 2. The molecule has 0 aliphatic heterocycles. The minimum absolute atomic E-state index is 0.123. The minimum Gasteiger partial charge on any atom is -0.497 e. The number of sulfonamides is 1. The zero-order valence-electron chi connectivity index (χ0n) is 12.1. The van der Waals surface area contributed by atoms with Crippen molar-refractivity contribution in [3.05, 3.63) is 58.9 Å². The maximum absolute atomic E-state index is 13.9. The molecule has 2 aromatic rings. The third kappa shape index (κ3) is 3.69. The fourth-order valence-corrected chi connectivity index (χ4v) is 3.08. The van der Waals surface area contributed by atoms with E-state index in [1.165, 1.54) is 25.3 Å². The number of hydrogen-bond acceptors (Lipinski definition) is 3. The first kappa shape index (κ1) is 16.6. The Balaban J connectivity index is 2.48. The van der Waals surface area contributed by atoms with Crippen LogP contribution in [-0.2, 0) is 16.6 Å². The van der Waals surface area contributed by atoms with E-state index in [4.69, 9.17) is 16.3 Å². The molecule has 118 valence electrons. The predicted molar refractivity (Wildman–Crippen MR) is 85.4 cm³/mol. The summed E-state index contributed by atoms with van der Waals surface area (Å²) in [4.78, 5) is 0. The fraction of sp³-hybridized carbons (Fsp3) is 0.200. The fourth-order valence-electron chi connectivity index (χ4n) is 1.99. The zero-order valence-corrected chi connectivity index (χ0v) is 13.7. The summed E-state index contributed by atoms with van der Waals surface area (Å²) >= 11 is 5.98. The Kier molecular flexibility index (Phi) is 4.93. The van der Waals surface area contributed by atoms with Crippen LogP contribution < -0.4 is 9.04 Å². The van der Waals surface area contributed by atoms with Gasteiger partial charge in [-0.3, -0.25) is 4.31 Å². The van der Waals surface area contributed by atoms with Gasteiger partial charge in [-0.15, -0.1) is 0 Å². The van der Waals surface area contributed by atoms with Crippen molar-refractivity contribution >= 4 is 27.3 Å². The topological polar surface area (TPSA) is 46.6 Å². The second-order valence-corrected chi connectivity index (χ2v) is 6.99. The van der Waals surface area contributed by atoms with E-state index < -0.39 is 15.8 Å². The molecule has 0 fully saturated rings. The molecule has 0 atom stereocenters. The van der Waals surface area contributed by atoms with E-state index in [9.17, 15) is 12.8 Å². The molecule has 0 saturated carbocycles. The number of rotatable bonds is 5. The van der Waals surface area contributed by atoms with Gasteiger partial charge in [-0.05, 0) is 24.3 Å². The molecule has 22 heavy (non-hydrogen) atoms. The maximum atomic E-state index is 13.9. The lowest BCUT2D eigenvalue weighted by Gasteiger charge is -2.23. The molecule has 0 N–H and O–H groups in total. The molecule has 4 nitrogen and oxygen atoms in total. The predicted octanol–water partition coefficient (Wildman–Crippen LogP) is 3.45. The molecule has 7 heteroatoms. The highest BCUT2D eigenvalue weighted by molar-refractivity contribution is 7.92. The lowest BCUT2D eigenvalue weighted by Crippen LogP contribution is -2.29. The van der Waals surface area contributed by atoms with Crippen LogP contribution in [0.5, 0.6) is 5.75 Å². The maximum Gasteiger partial charge on any atom is 0.232 e. The summed E-state index contributed by atoms with van der Waals surface area (Å²) in [6.07, 6.45) is 1.06. The normalized spacial score (nSPS) is 11.3. The third-order valence-corrected chi connectivity index (χ3v) is 4.60. The number of ether oxygens (including phenoxy) is 1. The molecule has 0 aromatic heterocycles. The molecule has 0 saturated heterocycles. The third-order valence-electron chi connectivity index (χ3n) is 3.11. The van der Waals surface area contributed by atoms with E-state index in [1.54, 1.807) is 24.3 Å². The minimum atomic E-state index is -3.62.